The lowest BCUT2D eigenvalue weighted by molar-refractivity contribution is 0.0522. The van der Waals surface area contributed by atoms with Crippen LogP contribution in [0.3, 0.4) is 0 Å². The Balaban J connectivity index is 2.33. The molecule has 2 heterocycles. The predicted octanol–water partition coefficient (Wildman–Crippen LogP) is -0.484. The molecular formula is C9H12N6O4S. The molecule has 11 heteroatoms. The van der Waals surface area contributed by atoms with Crippen LogP contribution in [0.15, 0.2) is 17.6 Å². The highest BCUT2D eigenvalue weighted by Crippen LogP contribution is 2.16. The van der Waals surface area contributed by atoms with Crippen molar-refractivity contribution >= 4 is 21.9 Å². The van der Waals surface area contributed by atoms with Gasteiger partial charge < -0.3 is 4.74 Å². The molecule has 20 heavy (non-hydrogen) atoms. The van der Waals surface area contributed by atoms with Crippen molar-refractivity contribution in [2.24, 2.45) is 7.05 Å². The number of aromatic nitrogens is 5. The van der Waals surface area contributed by atoms with Crippen molar-refractivity contribution in [1.82, 2.24) is 25.0 Å². The number of sulfonamides is 1. The fourth-order valence-corrected chi connectivity index (χ4v) is 2.52. The van der Waals surface area contributed by atoms with E-state index in [0.29, 0.717) is 0 Å². The minimum absolute atomic E-state index is 0.00871. The molecule has 2 rings (SSSR count). The summed E-state index contributed by atoms with van der Waals surface area (Å²) in [6.45, 7) is 1.74. The first kappa shape index (κ1) is 14.0. The lowest BCUT2D eigenvalue weighted by atomic mass is 10.4. The number of carbonyl (C=O) groups excluding carboxylic acids is 1. The van der Waals surface area contributed by atoms with Crippen molar-refractivity contribution < 1.29 is 17.9 Å². The zero-order valence-corrected chi connectivity index (χ0v) is 11.5. The Kier molecular flexibility index (Phi) is 3.70. The van der Waals surface area contributed by atoms with Gasteiger partial charge in [0.15, 0.2) is 5.03 Å². The molecule has 0 fully saturated rings. The lowest BCUT2D eigenvalue weighted by Gasteiger charge is -2.06. The topological polar surface area (TPSA) is 132 Å². The normalized spacial score (nSPS) is 11.3. The first-order valence-electron chi connectivity index (χ1n) is 5.53. The molecule has 0 spiro atoms. The van der Waals surface area contributed by atoms with E-state index in [0.717, 1.165) is 6.20 Å². The van der Waals surface area contributed by atoms with Crippen LogP contribution in [0.2, 0.25) is 0 Å². The number of anilines is 1. The number of hydrogen-bond donors (Lipinski definition) is 2. The minimum Gasteiger partial charge on any atom is -0.462 e. The van der Waals surface area contributed by atoms with Gasteiger partial charge in [-0.3, -0.25) is 5.10 Å². The van der Waals surface area contributed by atoms with Crippen LogP contribution in [-0.2, 0) is 21.8 Å². The smallest absolute Gasteiger partial charge is 0.342 e. The Morgan fingerprint density at radius 1 is 1.55 bits per heavy atom. The van der Waals surface area contributed by atoms with Gasteiger partial charge in [-0.05, 0) is 6.92 Å². The maximum atomic E-state index is 12.2. The van der Waals surface area contributed by atoms with Crippen molar-refractivity contribution in [3.05, 3.63) is 18.1 Å². The van der Waals surface area contributed by atoms with E-state index in [1.54, 1.807) is 6.92 Å². The number of ether oxygens (including phenoxy) is 1. The second-order valence-electron chi connectivity index (χ2n) is 3.65. The molecule has 0 unspecified atom stereocenters. The summed E-state index contributed by atoms with van der Waals surface area (Å²) >= 11 is 0. The van der Waals surface area contributed by atoms with E-state index in [2.05, 4.69) is 25.0 Å². The number of rotatable bonds is 5. The molecule has 10 nitrogen and oxygen atoms in total. The van der Waals surface area contributed by atoms with Crippen LogP contribution in [0.1, 0.15) is 17.3 Å². The Morgan fingerprint density at radius 3 is 2.90 bits per heavy atom. The fourth-order valence-electron chi connectivity index (χ4n) is 1.39. The first-order chi connectivity index (χ1) is 9.45. The molecule has 108 valence electrons. The summed E-state index contributed by atoms with van der Waals surface area (Å²) in [5.41, 5.74) is -0.179. The van der Waals surface area contributed by atoms with Gasteiger partial charge in [0.2, 0.25) is 5.95 Å². The molecule has 2 aromatic rings. The average molecular weight is 300 g/mol. The maximum Gasteiger partial charge on any atom is 0.342 e. The Labute approximate surface area is 114 Å². The number of hydrogen-bond acceptors (Lipinski definition) is 7. The summed E-state index contributed by atoms with van der Waals surface area (Å²) in [7, 11) is -2.53. The van der Waals surface area contributed by atoms with Gasteiger partial charge in [-0.1, -0.05) is 0 Å². The molecule has 0 saturated heterocycles. The summed E-state index contributed by atoms with van der Waals surface area (Å²) in [5, 5.41) is 9.15. The zero-order chi connectivity index (χ0) is 14.8. The highest BCUT2D eigenvalue weighted by molar-refractivity contribution is 7.92. The number of H-pyrrole nitrogens is 1. The van der Waals surface area contributed by atoms with E-state index in [1.165, 1.54) is 18.1 Å². The third-order valence-electron chi connectivity index (χ3n) is 2.31. The van der Waals surface area contributed by atoms with Gasteiger partial charge in [-0.15, -0.1) is 0 Å². The van der Waals surface area contributed by atoms with Gasteiger partial charge in [0.25, 0.3) is 10.0 Å². The van der Waals surface area contributed by atoms with Crippen LogP contribution in [0.25, 0.3) is 0 Å². The maximum absolute atomic E-state index is 12.2. The molecule has 0 amide bonds. The monoisotopic (exact) mass is 300 g/mol. The highest BCUT2D eigenvalue weighted by atomic mass is 32.2. The minimum atomic E-state index is -4.05. The molecule has 2 N–H and O–H groups in total. The lowest BCUT2D eigenvalue weighted by Crippen LogP contribution is -2.19. The quantitative estimate of drug-likeness (QED) is 0.712. The molecule has 0 bridgehead atoms. The third-order valence-corrected chi connectivity index (χ3v) is 3.61. The van der Waals surface area contributed by atoms with Gasteiger partial charge in [0.05, 0.1) is 12.8 Å². The largest absolute Gasteiger partial charge is 0.462 e. The van der Waals surface area contributed by atoms with E-state index >= 15 is 0 Å². The number of carbonyl (C=O) groups is 1. The molecular weight excluding hydrogens is 288 g/mol. The number of aromatic amines is 1. The van der Waals surface area contributed by atoms with E-state index in [-0.39, 0.29) is 23.1 Å². The van der Waals surface area contributed by atoms with Gasteiger partial charge in [0, 0.05) is 7.05 Å². The van der Waals surface area contributed by atoms with Crippen molar-refractivity contribution in [2.45, 2.75) is 11.9 Å². The standard InChI is InChI=1S/C9H12N6O4S/c1-3-19-8(16)6-4-11-13-7(6)20(17,18)14-9-10-5-12-15(9)2/h4-5H,3H2,1-2H3,(H,11,13)(H,10,12,14). The van der Waals surface area contributed by atoms with E-state index in [9.17, 15) is 13.2 Å². The Bertz CT molecular complexity index is 718. The summed E-state index contributed by atoms with van der Waals surface area (Å²) in [4.78, 5) is 15.4. The molecule has 2 aromatic heterocycles. The molecule has 0 saturated carbocycles. The SMILES string of the molecule is CCOC(=O)c1cn[nH]c1S(=O)(=O)Nc1ncnn1C. The second-order valence-corrected chi connectivity index (χ2v) is 5.27. The molecule has 0 aliphatic heterocycles. The van der Waals surface area contributed by atoms with Crippen molar-refractivity contribution in [1.29, 1.82) is 0 Å². The summed E-state index contributed by atoms with van der Waals surface area (Å²) in [6.07, 6.45) is 2.28. The molecule has 0 atom stereocenters. The first-order valence-corrected chi connectivity index (χ1v) is 7.01. The Morgan fingerprint density at radius 2 is 2.30 bits per heavy atom. The molecule has 0 radical (unpaired) electrons. The van der Waals surface area contributed by atoms with Gasteiger partial charge in [0.1, 0.15) is 11.9 Å². The highest BCUT2D eigenvalue weighted by Gasteiger charge is 2.27. The number of aryl methyl sites for hydroxylation is 1. The Hall–Kier alpha value is -2.43. The fraction of sp³-hybridized carbons (Fsp3) is 0.333. The van der Waals surface area contributed by atoms with E-state index < -0.39 is 16.0 Å². The number of esters is 1. The van der Waals surface area contributed by atoms with Crippen molar-refractivity contribution in [3.8, 4) is 0 Å². The van der Waals surface area contributed by atoms with Crippen LogP contribution in [0, 0.1) is 0 Å². The molecule has 0 aromatic carbocycles. The summed E-state index contributed by atoms with van der Waals surface area (Å²) < 4.78 is 32.5. The summed E-state index contributed by atoms with van der Waals surface area (Å²) in [5.74, 6) is -0.769. The van der Waals surface area contributed by atoms with Gasteiger partial charge >= 0.3 is 5.97 Å². The van der Waals surface area contributed by atoms with E-state index in [1.807, 2.05) is 0 Å². The average Bonchev–Trinajstić information content (AvgIpc) is 2.99. The third kappa shape index (κ3) is 2.61. The number of nitrogens with one attached hydrogen (secondary N) is 2. The van der Waals surface area contributed by atoms with Crippen LogP contribution >= 0.6 is 0 Å². The summed E-state index contributed by atoms with van der Waals surface area (Å²) in [6, 6.07) is 0. The molecule has 0 aliphatic rings. The predicted molar refractivity (Wildman–Crippen MR) is 66.4 cm³/mol. The van der Waals surface area contributed by atoms with Crippen LogP contribution in [0.5, 0.6) is 0 Å². The zero-order valence-electron chi connectivity index (χ0n) is 10.7. The van der Waals surface area contributed by atoms with Gasteiger partial charge in [-0.2, -0.15) is 23.6 Å². The second kappa shape index (κ2) is 5.28. The van der Waals surface area contributed by atoms with Gasteiger partial charge in [-0.25, -0.2) is 14.2 Å². The van der Waals surface area contributed by atoms with E-state index in [4.69, 9.17) is 4.74 Å². The van der Waals surface area contributed by atoms with Crippen LogP contribution in [-0.4, -0.2) is 46.0 Å². The van der Waals surface area contributed by atoms with Crippen LogP contribution in [0.4, 0.5) is 5.95 Å². The number of nitrogens with zero attached hydrogens (tertiary/aromatic N) is 4. The van der Waals surface area contributed by atoms with Crippen molar-refractivity contribution in [2.75, 3.05) is 11.3 Å². The molecule has 0 aliphatic carbocycles. The van der Waals surface area contributed by atoms with Crippen LogP contribution < -0.4 is 4.72 Å². The van der Waals surface area contributed by atoms with Crippen molar-refractivity contribution in [3.63, 3.8) is 0 Å².